The van der Waals surface area contributed by atoms with E-state index in [0.29, 0.717) is 13.2 Å². The van der Waals surface area contributed by atoms with Crippen LogP contribution in [0.15, 0.2) is 21.2 Å². The highest BCUT2D eigenvalue weighted by atomic mass is 79.9. The molecule has 0 spiro atoms. The standard InChI is InChI=1S/C11H11Br2N3OS/c1-17-5-8-9(3-14)18-11(16-8)10-7(13)2-6(12)4-15-10/h2,4H,3,5,14H2,1H3. The van der Waals surface area contributed by atoms with Gasteiger partial charge in [0.1, 0.15) is 10.7 Å². The first-order chi connectivity index (χ1) is 8.65. The molecule has 0 aliphatic carbocycles. The summed E-state index contributed by atoms with van der Waals surface area (Å²) in [4.78, 5) is 9.94. The smallest absolute Gasteiger partial charge is 0.143 e. The molecule has 0 aromatic carbocycles. The van der Waals surface area contributed by atoms with Crippen LogP contribution in [0.2, 0.25) is 0 Å². The number of aromatic nitrogens is 2. The maximum absolute atomic E-state index is 5.71. The lowest BCUT2D eigenvalue weighted by Crippen LogP contribution is -1.99. The molecule has 2 rings (SSSR count). The lowest BCUT2D eigenvalue weighted by atomic mass is 10.3. The van der Waals surface area contributed by atoms with Crippen LogP contribution in [-0.2, 0) is 17.9 Å². The van der Waals surface area contributed by atoms with Crippen LogP contribution in [-0.4, -0.2) is 17.1 Å². The molecule has 0 fully saturated rings. The molecule has 18 heavy (non-hydrogen) atoms. The molecule has 2 aromatic heterocycles. The minimum Gasteiger partial charge on any atom is -0.378 e. The number of thiazole rings is 1. The highest BCUT2D eigenvalue weighted by molar-refractivity contribution is 9.11. The molecule has 2 heterocycles. The Bertz CT molecular complexity index is 559. The number of methoxy groups -OCH3 is 1. The number of pyridine rings is 1. The van der Waals surface area contributed by atoms with E-state index in [2.05, 4.69) is 41.8 Å². The van der Waals surface area contributed by atoms with E-state index in [1.165, 1.54) is 0 Å². The van der Waals surface area contributed by atoms with E-state index >= 15 is 0 Å². The van der Waals surface area contributed by atoms with Crippen LogP contribution < -0.4 is 5.73 Å². The number of halogens is 2. The molecule has 96 valence electrons. The maximum Gasteiger partial charge on any atom is 0.143 e. The Morgan fingerprint density at radius 3 is 2.83 bits per heavy atom. The Balaban J connectivity index is 2.44. The van der Waals surface area contributed by atoms with Crippen molar-refractivity contribution in [2.24, 2.45) is 5.73 Å². The van der Waals surface area contributed by atoms with Gasteiger partial charge in [0, 0.05) is 33.7 Å². The molecule has 0 radical (unpaired) electrons. The Morgan fingerprint density at radius 1 is 1.44 bits per heavy atom. The van der Waals surface area contributed by atoms with Gasteiger partial charge in [-0.25, -0.2) is 4.98 Å². The summed E-state index contributed by atoms with van der Waals surface area (Å²) < 4.78 is 6.94. The fraction of sp³-hybridized carbons (Fsp3) is 0.273. The summed E-state index contributed by atoms with van der Waals surface area (Å²) in [5.41, 5.74) is 7.42. The van der Waals surface area contributed by atoms with Crippen molar-refractivity contribution >= 4 is 43.2 Å². The molecule has 0 bridgehead atoms. The predicted octanol–water partition coefficient (Wildman–Crippen LogP) is 3.34. The summed E-state index contributed by atoms with van der Waals surface area (Å²) in [6.45, 7) is 0.932. The molecule has 0 saturated carbocycles. The third-order valence-corrected chi connectivity index (χ3v) is 4.42. The Kier molecular flexibility index (Phi) is 4.85. The topological polar surface area (TPSA) is 61.0 Å². The molecule has 0 atom stereocenters. The third kappa shape index (κ3) is 2.97. The summed E-state index contributed by atoms with van der Waals surface area (Å²) >= 11 is 8.42. The van der Waals surface area contributed by atoms with E-state index in [4.69, 9.17) is 10.5 Å². The van der Waals surface area contributed by atoms with Crippen molar-refractivity contribution in [1.29, 1.82) is 0 Å². The second kappa shape index (κ2) is 6.21. The Hall–Kier alpha value is -0.340. The Morgan fingerprint density at radius 2 is 2.22 bits per heavy atom. The zero-order valence-corrected chi connectivity index (χ0v) is 13.6. The fourth-order valence-corrected chi connectivity index (χ4v) is 3.73. The highest BCUT2D eigenvalue weighted by Gasteiger charge is 2.14. The molecule has 2 aromatic rings. The summed E-state index contributed by atoms with van der Waals surface area (Å²) in [5.74, 6) is 0. The first-order valence-corrected chi connectivity index (χ1v) is 7.55. The van der Waals surface area contributed by atoms with Gasteiger partial charge >= 0.3 is 0 Å². The summed E-state index contributed by atoms with van der Waals surface area (Å²) in [6.07, 6.45) is 1.75. The number of nitrogens with zero attached hydrogens (tertiary/aromatic N) is 2. The largest absolute Gasteiger partial charge is 0.378 e. The van der Waals surface area contributed by atoms with Crippen molar-refractivity contribution < 1.29 is 4.74 Å². The number of ether oxygens (including phenoxy) is 1. The van der Waals surface area contributed by atoms with Crippen LogP contribution in [0.3, 0.4) is 0 Å². The average molecular weight is 393 g/mol. The minimum absolute atomic E-state index is 0.463. The number of nitrogens with two attached hydrogens (primary N) is 1. The van der Waals surface area contributed by atoms with Crippen molar-refractivity contribution in [3.8, 4) is 10.7 Å². The monoisotopic (exact) mass is 391 g/mol. The zero-order valence-electron chi connectivity index (χ0n) is 9.61. The number of hydrogen-bond donors (Lipinski definition) is 1. The van der Waals surface area contributed by atoms with Crippen molar-refractivity contribution in [3.63, 3.8) is 0 Å². The lowest BCUT2D eigenvalue weighted by molar-refractivity contribution is 0.181. The molecule has 2 N–H and O–H groups in total. The average Bonchev–Trinajstić information content (AvgIpc) is 2.72. The van der Waals surface area contributed by atoms with E-state index in [1.807, 2.05) is 6.07 Å². The predicted molar refractivity (Wildman–Crippen MR) is 79.3 cm³/mol. The van der Waals surface area contributed by atoms with Gasteiger partial charge in [-0.2, -0.15) is 0 Å². The normalized spacial score (nSPS) is 10.9. The van der Waals surface area contributed by atoms with Crippen molar-refractivity contribution in [2.45, 2.75) is 13.2 Å². The van der Waals surface area contributed by atoms with Crippen LogP contribution in [0, 0.1) is 0 Å². The van der Waals surface area contributed by atoms with Gasteiger partial charge in [-0.1, -0.05) is 0 Å². The second-order valence-electron chi connectivity index (χ2n) is 3.51. The molecule has 0 amide bonds. The molecule has 4 nitrogen and oxygen atoms in total. The first-order valence-electron chi connectivity index (χ1n) is 5.14. The molecular weight excluding hydrogens is 382 g/mol. The third-order valence-electron chi connectivity index (χ3n) is 2.26. The molecule has 0 unspecified atom stereocenters. The molecule has 0 aliphatic heterocycles. The van der Waals surface area contributed by atoms with E-state index in [0.717, 1.165) is 30.2 Å². The van der Waals surface area contributed by atoms with Crippen LogP contribution in [0.1, 0.15) is 10.6 Å². The molecule has 0 aliphatic rings. The van der Waals surface area contributed by atoms with Crippen molar-refractivity contribution in [2.75, 3.05) is 7.11 Å². The SMILES string of the molecule is COCc1nc(-c2ncc(Br)cc2Br)sc1CN. The van der Waals surface area contributed by atoms with E-state index < -0.39 is 0 Å². The van der Waals surface area contributed by atoms with Crippen LogP contribution in [0.5, 0.6) is 0 Å². The van der Waals surface area contributed by atoms with Gasteiger partial charge in [0.25, 0.3) is 0 Å². The number of rotatable bonds is 4. The highest BCUT2D eigenvalue weighted by Crippen LogP contribution is 2.33. The van der Waals surface area contributed by atoms with Crippen LogP contribution >= 0.6 is 43.2 Å². The Labute approximate surface area is 126 Å². The van der Waals surface area contributed by atoms with Crippen molar-refractivity contribution in [3.05, 3.63) is 31.8 Å². The quantitative estimate of drug-likeness (QED) is 0.866. The van der Waals surface area contributed by atoms with E-state index in [-0.39, 0.29) is 0 Å². The lowest BCUT2D eigenvalue weighted by Gasteiger charge is -1.99. The van der Waals surface area contributed by atoms with Gasteiger partial charge in [0.05, 0.1) is 12.3 Å². The molecular formula is C11H11Br2N3OS. The molecule has 7 heteroatoms. The van der Waals surface area contributed by atoms with Gasteiger partial charge in [-0.3, -0.25) is 4.98 Å². The van der Waals surface area contributed by atoms with E-state index in [1.54, 1.807) is 24.6 Å². The van der Waals surface area contributed by atoms with Crippen molar-refractivity contribution in [1.82, 2.24) is 9.97 Å². The number of hydrogen-bond acceptors (Lipinski definition) is 5. The van der Waals surface area contributed by atoms with Gasteiger partial charge in [0.2, 0.25) is 0 Å². The van der Waals surface area contributed by atoms with Gasteiger partial charge in [-0.05, 0) is 37.9 Å². The summed E-state index contributed by atoms with van der Waals surface area (Å²) in [6, 6.07) is 1.95. The minimum atomic E-state index is 0.463. The second-order valence-corrected chi connectivity index (χ2v) is 6.36. The fourth-order valence-electron chi connectivity index (χ4n) is 1.47. The van der Waals surface area contributed by atoms with Gasteiger partial charge < -0.3 is 10.5 Å². The maximum atomic E-state index is 5.71. The van der Waals surface area contributed by atoms with E-state index in [9.17, 15) is 0 Å². The summed E-state index contributed by atoms with van der Waals surface area (Å²) in [5, 5.41) is 0.849. The first kappa shape index (κ1) is 14.1. The van der Waals surface area contributed by atoms with Gasteiger partial charge in [0.15, 0.2) is 0 Å². The zero-order chi connectivity index (χ0) is 13.1. The van der Waals surface area contributed by atoms with Gasteiger partial charge in [-0.15, -0.1) is 11.3 Å². The van der Waals surface area contributed by atoms with Crippen LogP contribution in [0.4, 0.5) is 0 Å². The molecule has 0 saturated heterocycles. The van der Waals surface area contributed by atoms with Crippen LogP contribution in [0.25, 0.3) is 10.7 Å². The summed E-state index contributed by atoms with van der Waals surface area (Å²) in [7, 11) is 1.65.